The van der Waals surface area contributed by atoms with Crippen LogP contribution < -0.4 is 0 Å². The number of hydrogen-bond acceptors (Lipinski definition) is 4. The zero-order chi connectivity index (χ0) is 14.8. The van der Waals surface area contributed by atoms with E-state index in [-0.39, 0.29) is 11.9 Å². The summed E-state index contributed by atoms with van der Waals surface area (Å²) in [6, 6.07) is 5.55. The molecule has 1 heterocycles. The molecule has 1 aromatic carbocycles. The van der Waals surface area contributed by atoms with Crippen LogP contribution >= 0.6 is 0 Å². The molecule has 20 heavy (non-hydrogen) atoms. The van der Waals surface area contributed by atoms with E-state index in [9.17, 15) is 13.5 Å². The molecule has 1 aliphatic heterocycles. The summed E-state index contributed by atoms with van der Waals surface area (Å²) in [4.78, 5) is 2.57. The number of hydrogen-bond donors (Lipinski definition) is 1. The maximum absolute atomic E-state index is 12.4. The highest BCUT2D eigenvalue weighted by molar-refractivity contribution is 7.91. The molecule has 112 valence electrons. The molecule has 1 N–H and O–H groups in total. The number of sulfone groups is 1. The first-order valence-corrected chi connectivity index (χ1v) is 8.74. The summed E-state index contributed by atoms with van der Waals surface area (Å²) < 4.78 is 24.9. The van der Waals surface area contributed by atoms with Gasteiger partial charge in [0.25, 0.3) is 0 Å². The first-order chi connectivity index (χ1) is 9.38. The van der Waals surface area contributed by atoms with E-state index in [0.29, 0.717) is 11.4 Å². The van der Waals surface area contributed by atoms with Crippen molar-refractivity contribution >= 4 is 9.84 Å². The standard InChI is InChI=1S/C15H23NO3S/c1-12-3-4-13(2)15(11-12)20(18,19)10-9-16-7-5-14(17)6-8-16/h3-4,11,14,17H,5-10H2,1-2H3. The van der Waals surface area contributed by atoms with Crippen molar-refractivity contribution in [2.45, 2.75) is 37.7 Å². The van der Waals surface area contributed by atoms with Gasteiger partial charge in [0.1, 0.15) is 0 Å². The molecule has 0 spiro atoms. The second-order valence-electron chi connectivity index (χ2n) is 5.66. The summed E-state index contributed by atoms with van der Waals surface area (Å²) in [5, 5.41) is 9.46. The second kappa shape index (κ2) is 6.24. The summed E-state index contributed by atoms with van der Waals surface area (Å²) >= 11 is 0. The Morgan fingerprint density at radius 1 is 1.25 bits per heavy atom. The minimum absolute atomic E-state index is 0.146. The van der Waals surface area contributed by atoms with E-state index >= 15 is 0 Å². The zero-order valence-electron chi connectivity index (χ0n) is 12.2. The van der Waals surface area contributed by atoms with Crippen molar-refractivity contribution in [2.24, 2.45) is 0 Å². The number of aryl methyl sites for hydroxylation is 2. The van der Waals surface area contributed by atoms with Crippen molar-refractivity contribution in [2.75, 3.05) is 25.4 Å². The SMILES string of the molecule is Cc1ccc(C)c(S(=O)(=O)CCN2CCC(O)CC2)c1. The third-order valence-corrected chi connectivity index (χ3v) is 5.74. The Bertz CT molecular complexity index is 560. The van der Waals surface area contributed by atoms with Gasteiger partial charge in [-0.1, -0.05) is 12.1 Å². The van der Waals surface area contributed by atoms with E-state index in [0.717, 1.165) is 37.1 Å². The van der Waals surface area contributed by atoms with Gasteiger partial charge in [0.05, 0.1) is 16.8 Å². The lowest BCUT2D eigenvalue weighted by molar-refractivity contribution is 0.0855. The third-order valence-electron chi connectivity index (χ3n) is 3.91. The number of aliphatic hydroxyl groups is 1. The second-order valence-corrected chi connectivity index (χ2v) is 7.74. The van der Waals surface area contributed by atoms with Gasteiger partial charge in [0, 0.05) is 19.6 Å². The van der Waals surface area contributed by atoms with Crippen LogP contribution in [0, 0.1) is 13.8 Å². The third kappa shape index (κ3) is 3.81. The van der Waals surface area contributed by atoms with Gasteiger partial charge in [-0.2, -0.15) is 0 Å². The van der Waals surface area contributed by atoms with E-state index < -0.39 is 9.84 Å². The Morgan fingerprint density at radius 2 is 1.90 bits per heavy atom. The van der Waals surface area contributed by atoms with Gasteiger partial charge in [0.15, 0.2) is 9.84 Å². The molecule has 0 atom stereocenters. The van der Waals surface area contributed by atoms with E-state index in [1.807, 2.05) is 26.0 Å². The van der Waals surface area contributed by atoms with Gasteiger partial charge in [0.2, 0.25) is 0 Å². The average molecular weight is 297 g/mol. The molecule has 0 radical (unpaired) electrons. The van der Waals surface area contributed by atoms with Crippen molar-refractivity contribution in [3.8, 4) is 0 Å². The van der Waals surface area contributed by atoms with E-state index in [2.05, 4.69) is 4.90 Å². The highest BCUT2D eigenvalue weighted by atomic mass is 32.2. The van der Waals surface area contributed by atoms with E-state index in [1.54, 1.807) is 6.07 Å². The fourth-order valence-corrected chi connectivity index (χ4v) is 4.19. The van der Waals surface area contributed by atoms with Gasteiger partial charge in [-0.05, 0) is 43.9 Å². The van der Waals surface area contributed by atoms with Crippen LogP contribution in [0.5, 0.6) is 0 Å². The van der Waals surface area contributed by atoms with Crippen LogP contribution in [0.4, 0.5) is 0 Å². The zero-order valence-corrected chi connectivity index (χ0v) is 13.0. The molecule has 2 rings (SSSR count). The van der Waals surface area contributed by atoms with Crippen LogP contribution in [-0.4, -0.2) is 49.9 Å². The van der Waals surface area contributed by atoms with Gasteiger partial charge in [-0.3, -0.25) is 0 Å². The number of rotatable bonds is 4. The normalized spacial score (nSPS) is 18.4. The Labute approximate surface area is 121 Å². The maximum Gasteiger partial charge on any atom is 0.179 e. The molecule has 0 amide bonds. The van der Waals surface area contributed by atoms with Crippen molar-refractivity contribution in [1.29, 1.82) is 0 Å². The number of likely N-dealkylation sites (tertiary alicyclic amines) is 1. The average Bonchev–Trinajstić information content (AvgIpc) is 2.41. The fourth-order valence-electron chi connectivity index (χ4n) is 2.54. The largest absolute Gasteiger partial charge is 0.393 e. The first kappa shape index (κ1) is 15.5. The molecule has 1 aliphatic rings. The predicted octanol–water partition coefficient (Wildman–Crippen LogP) is 1.53. The lowest BCUT2D eigenvalue weighted by Gasteiger charge is -2.29. The highest BCUT2D eigenvalue weighted by Crippen LogP contribution is 2.19. The van der Waals surface area contributed by atoms with Gasteiger partial charge in [-0.25, -0.2) is 8.42 Å². The monoisotopic (exact) mass is 297 g/mol. The summed E-state index contributed by atoms with van der Waals surface area (Å²) in [6.45, 7) is 5.85. The van der Waals surface area contributed by atoms with Gasteiger partial charge in [-0.15, -0.1) is 0 Å². The van der Waals surface area contributed by atoms with Crippen molar-refractivity contribution in [3.63, 3.8) is 0 Å². The van der Waals surface area contributed by atoms with Crippen molar-refractivity contribution < 1.29 is 13.5 Å². The summed E-state index contributed by atoms with van der Waals surface area (Å²) in [5.74, 6) is 0.146. The lowest BCUT2D eigenvalue weighted by Crippen LogP contribution is -2.38. The van der Waals surface area contributed by atoms with Crippen molar-refractivity contribution in [1.82, 2.24) is 4.90 Å². The molecule has 0 aromatic heterocycles. The Balaban J connectivity index is 2.02. The number of aliphatic hydroxyl groups excluding tert-OH is 1. The molecule has 0 bridgehead atoms. The molecular weight excluding hydrogens is 274 g/mol. The van der Waals surface area contributed by atoms with Gasteiger partial charge >= 0.3 is 0 Å². The van der Waals surface area contributed by atoms with E-state index in [4.69, 9.17) is 0 Å². The Kier molecular flexibility index (Phi) is 4.83. The van der Waals surface area contributed by atoms with E-state index in [1.165, 1.54) is 0 Å². The lowest BCUT2D eigenvalue weighted by atomic mass is 10.1. The molecule has 1 saturated heterocycles. The topological polar surface area (TPSA) is 57.6 Å². The molecule has 0 saturated carbocycles. The number of piperidine rings is 1. The van der Waals surface area contributed by atoms with Crippen LogP contribution in [0.2, 0.25) is 0 Å². The molecule has 0 unspecified atom stereocenters. The quantitative estimate of drug-likeness (QED) is 0.916. The smallest absolute Gasteiger partial charge is 0.179 e. The minimum Gasteiger partial charge on any atom is -0.393 e. The fraction of sp³-hybridized carbons (Fsp3) is 0.600. The summed E-state index contributed by atoms with van der Waals surface area (Å²) in [7, 11) is -3.23. The molecular formula is C15H23NO3S. The summed E-state index contributed by atoms with van der Waals surface area (Å²) in [5.41, 5.74) is 1.78. The number of benzene rings is 1. The Hall–Kier alpha value is -0.910. The van der Waals surface area contributed by atoms with Crippen molar-refractivity contribution in [3.05, 3.63) is 29.3 Å². The van der Waals surface area contributed by atoms with Crippen LogP contribution in [0.15, 0.2) is 23.1 Å². The Morgan fingerprint density at radius 3 is 2.55 bits per heavy atom. The molecule has 1 fully saturated rings. The van der Waals surface area contributed by atoms with Crippen LogP contribution in [-0.2, 0) is 9.84 Å². The molecule has 5 heteroatoms. The maximum atomic E-state index is 12.4. The molecule has 0 aliphatic carbocycles. The minimum atomic E-state index is -3.23. The predicted molar refractivity (Wildman–Crippen MR) is 79.6 cm³/mol. The summed E-state index contributed by atoms with van der Waals surface area (Å²) in [6.07, 6.45) is 1.26. The van der Waals surface area contributed by atoms with Gasteiger partial charge < -0.3 is 10.0 Å². The van der Waals surface area contributed by atoms with Crippen LogP contribution in [0.3, 0.4) is 0 Å². The highest BCUT2D eigenvalue weighted by Gasteiger charge is 2.21. The van der Waals surface area contributed by atoms with Crippen LogP contribution in [0.1, 0.15) is 24.0 Å². The van der Waals surface area contributed by atoms with Crippen LogP contribution in [0.25, 0.3) is 0 Å². The number of nitrogens with zero attached hydrogens (tertiary/aromatic N) is 1. The molecule has 4 nitrogen and oxygen atoms in total. The molecule has 1 aromatic rings. The first-order valence-electron chi connectivity index (χ1n) is 7.09.